The van der Waals surface area contributed by atoms with Crippen LogP contribution in [0.1, 0.15) is 6.92 Å². The summed E-state index contributed by atoms with van der Waals surface area (Å²) in [6.07, 6.45) is 0. The summed E-state index contributed by atoms with van der Waals surface area (Å²) < 4.78 is 13.6. The number of aliphatic hydroxyl groups is 2. The van der Waals surface area contributed by atoms with Gasteiger partial charge in [-0.15, -0.1) is 0 Å². The first kappa shape index (κ1) is 5.63. The maximum Gasteiger partial charge on any atom is 0.649 e. The molecule has 0 aromatic heterocycles. The van der Waals surface area contributed by atoms with Gasteiger partial charge in [-0.2, -0.15) is 0 Å². The van der Waals surface area contributed by atoms with Crippen molar-refractivity contribution in [3.63, 3.8) is 0 Å². The zero-order valence-electron chi connectivity index (χ0n) is 4.70. The smallest absolute Gasteiger partial charge is 0.360 e. The van der Waals surface area contributed by atoms with Crippen molar-refractivity contribution in [2.24, 2.45) is 0 Å². The molecule has 3 heterocycles. The number of hydrogen-bond acceptors (Lipinski definition) is 5. The van der Waals surface area contributed by atoms with Crippen LogP contribution in [0.3, 0.4) is 0 Å². The number of rotatable bonds is 0. The predicted molar refractivity (Wildman–Crippen MR) is 24.6 cm³/mol. The van der Waals surface area contributed by atoms with E-state index in [9.17, 15) is 0 Å². The zero-order chi connectivity index (χ0) is 6.70. The Morgan fingerprint density at radius 1 is 1.22 bits per heavy atom. The second kappa shape index (κ2) is 1.16. The highest BCUT2D eigenvalue weighted by Crippen LogP contribution is 2.44. The van der Waals surface area contributed by atoms with Gasteiger partial charge in [0, 0.05) is 0 Å². The van der Waals surface area contributed by atoms with Crippen LogP contribution in [0.25, 0.3) is 0 Å². The fourth-order valence-electron chi connectivity index (χ4n) is 0.798. The lowest BCUT2D eigenvalue weighted by Gasteiger charge is -2.33. The van der Waals surface area contributed by atoms with Crippen LogP contribution in [0.15, 0.2) is 0 Å². The van der Waals surface area contributed by atoms with Crippen molar-refractivity contribution >= 4 is 7.32 Å². The van der Waals surface area contributed by atoms with Crippen molar-refractivity contribution in [2.45, 2.75) is 18.7 Å². The van der Waals surface area contributed by atoms with Gasteiger partial charge in [-0.25, -0.2) is 0 Å². The molecule has 3 fully saturated rings. The molecule has 0 saturated carbocycles. The molecule has 1 atom stereocenters. The lowest BCUT2D eigenvalue weighted by molar-refractivity contribution is -0.395. The van der Waals surface area contributed by atoms with Crippen molar-refractivity contribution < 1.29 is 24.2 Å². The Bertz CT molecular complexity index is 148. The van der Waals surface area contributed by atoms with Crippen molar-refractivity contribution in [2.75, 3.05) is 0 Å². The van der Waals surface area contributed by atoms with Gasteiger partial charge in [0.05, 0.1) is 0 Å². The molecule has 0 aromatic rings. The predicted octanol–water partition coefficient (Wildman–Crippen LogP) is -1.60. The molecule has 3 rings (SSSR count). The maximum atomic E-state index is 9.04. The van der Waals surface area contributed by atoms with Crippen molar-refractivity contribution in [1.82, 2.24) is 0 Å². The molecule has 0 aliphatic carbocycles. The highest BCUT2D eigenvalue weighted by molar-refractivity contribution is 6.40. The van der Waals surface area contributed by atoms with Crippen LogP contribution in [0.4, 0.5) is 0 Å². The molecule has 3 saturated heterocycles. The SMILES string of the molecule is CC1(O)OB2OC1(O)O2. The molecule has 0 amide bonds. The minimum Gasteiger partial charge on any atom is -0.360 e. The topological polar surface area (TPSA) is 68.2 Å². The third kappa shape index (κ3) is 0.475. The number of hydrogen-bond donors (Lipinski definition) is 2. The monoisotopic (exact) mass is 132 g/mol. The van der Waals surface area contributed by atoms with E-state index in [1.54, 1.807) is 0 Å². The van der Waals surface area contributed by atoms with Gasteiger partial charge in [0.25, 0.3) is 0 Å². The van der Waals surface area contributed by atoms with Gasteiger partial charge in [0.2, 0.25) is 5.79 Å². The van der Waals surface area contributed by atoms with E-state index in [4.69, 9.17) is 10.2 Å². The van der Waals surface area contributed by atoms with E-state index in [1.165, 1.54) is 6.92 Å². The molecule has 0 aromatic carbocycles. The van der Waals surface area contributed by atoms with Crippen LogP contribution in [-0.4, -0.2) is 29.3 Å². The van der Waals surface area contributed by atoms with E-state index < -0.39 is 19.1 Å². The van der Waals surface area contributed by atoms with Crippen molar-refractivity contribution in [3.8, 4) is 0 Å². The Hall–Kier alpha value is -0.135. The van der Waals surface area contributed by atoms with E-state index in [-0.39, 0.29) is 0 Å². The van der Waals surface area contributed by atoms with Gasteiger partial charge in [-0.05, 0) is 6.92 Å². The molecule has 2 N–H and O–H groups in total. The quantitative estimate of drug-likeness (QED) is 0.388. The van der Waals surface area contributed by atoms with Crippen LogP contribution in [-0.2, 0) is 14.0 Å². The summed E-state index contributed by atoms with van der Waals surface area (Å²) in [6, 6.07) is 0. The minimum absolute atomic E-state index is 0.898. The Balaban J connectivity index is 2.30. The summed E-state index contributed by atoms with van der Waals surface area (Å²) in [5.41, 5.74) is 0. The Kier molecular flexibility index (Phi) is 0.727. The standard InChI is InChI=1S/C3H5BO5/c1-2(5)3(6)8-4(7-2)9-3/h5-6H,1H3. The van der Waals surface area contributed by atoms with Gasteiger partial charge in [-0.3, -0.25) is 0 Å². The van der Waals surface area contributed by atoms with E-state index in [1.807, 2.05) is 0 Å². The molecule has 3 aliphatic heterocycles. The molecule has 9 heavy (non-hydrogen) atoms. The fourth-order valence-corrected chi connectivity index (χ4v) is 0.798. The van der Waals surface area contributed by atoms with E-state index >= 15 is 0 Å². The number of fused-ring (bicyclic) bond motifs is 1. The summed E-state index contributed by atoms with van der Waals surface area (Å²) >= 11 is 0. The first-order valence-electron chi connectivity index (χ1n) is 2.52. The summed E-state index contributed by atoms with van der Waals surface area (Å²) in [4.78, 5) is 0. The average Bonchev–Trinajstić information content (AvgIpc) is 1.85. The second-order valence-electron chi connectivity index (χ2n) is 2.21. The van der Waals surface area contributed by atoms with E-state index in [0.717, 1.165) is 0 Å². The normalized spacial score (nSPS) is 55.7. The highest BCUT2D eigenvalue weighted by atomic mass is 17.0. The van der Waals surface area contributed by atoms with Gasteiger partial charge in [0.15, 0.2) is 0 Å². The molecular formula is C3H5BO5. The second-order valence-corrected chi connectivity index (χ2v) is 2.21. The lowest BCUT2D eigenvalue weighted by Crippen LogP contribution is -2.56. The highest BCUT2D eigenvalue weighted by Gasteiger charge is 2.73. The third-order valence-electron chi connectivity index (χ3n) is 1.42. The molecule has 1 unspecified atom stereocenters. The van der Waals surface area contributed by atoms with Crippen LogP contribution in [0.5, 0.6) is 0 Å². The van der Waals surface area contributed by atoms with Crippen LogP contribution in [0, 0.1) is 0 Å². The molecule has 2 bridgehead atoms. The van der Waals surface area contributed by atoms with E-state index in [2.05, 4.69) is 14.0 Å². The van der Waals surface area contributed by atoms with Crippen molar-refractivity contribution in [1.29, 1.82) is 0 Å². The summed E-state index contributed by atoms with van der Waals surface area (Å²) in [5.74, 6) is -3.66. The van der Waals surface area contributed by atoms with Crippen LogP contribution < -0.4 is 0 Å². The molecule has 50 valence electrons. The molecule has 3 aliphatic rings. The van der Waals surface area contributed by atoms with Crippen LogP contribution >= 0.6 is 0 Å². The van der Waals surface area contributed by atoms with Crippen molar-refractivity contribution in [3.05, 3.63) is 0 Å². The maximum absolute atomic E-state index is 9.04. The summed E-state index contributed by atoms with van der Waals surface area (Å²) in [5, 5.41) is 18.0. The fraction of sp³-hybridized carbons (Fsp3) is 1.00. The van der Waals surface area contributed by atoms with Gasteiger partial charge in [-0.1, -0.05) is 0 Å². The Labute approximate surface area is 51.3 Å². The minimum atomic E-state index is -1.93. The molecule has 0 spiro atoms. The zero-order valence-corrected chi connectivity index (χ0v) is 4.70. The molecule has 0 radical (unpaired) electrons. The first-order valence-corrected chi connectivity index (χ1v) is 2.52. The first-order chi connectivity index (χ1) is 4.04. The third-order valence-corrected chi connectivity index (χ3v) is 1.42. The van der Waals surface area contributed by atoms with Gasteiger partial charge < -0.3 is 24.2 Å². The lowest BCUT2D eigenvalue weighted by atomic mass is 10.2. The summed E-state index contributed by atoms with van der Waals surface area (Å²) in [7, 11) is -0.898. The Morgan fingerprint density at radius 2 is 1.78 bits per heavy atom. The molecule has 5 nitrogen and oxygen atoms in total. The van der Waals surface area contributed by atoms with Crippen LogP contribution in [0.2, 0.25) is 0 Å². The average molecular weight is 132 g/mol. The Morgan fingerprint density at radius 3 is 1.89 bits per heavy atom. The largest absolute Gasteiger partial charge is 0.649 e. The summed E-state index contributed by atoms with van der Waals surface area (Å²) in [6.45, 7) is 1.26. The van der Waals surface area contributed by atoms with Gasteiger partial charge >= 0.3 is 13.3 Å². The van der Waals surface area contributed by atoms with Gasteiger partial charge in [0.1, 0.15) is 0 Å². The molecule has 6 heteroatoms. The molecular weight excluding hydrogens is 127 g/mol. The van der Waals surface area contributed by atoms with E-state index in [0.29, 0.717) is 0 Å².